The van der Waals surface area contributed by atoms with Crippen LogP contribution in [0, 0.1) is 6.92 Å². The molecule has 0 spiro atoms. The van der Waals surface area contributed by atoms with Crippen LogP contribution in [0.15, 0.2) is 45.7 Å². The Balaban J connectivity index is 2.56. The van der Waals surface area contributed by atoms with Gasteiger partial charge in [0.1, 0.15) is 11.7 Å². The van der Waals surface area contributed by atoms with Crippen LogP contribution in [0.25, 0.3) is 0 Å². The predicted octanol–water partition coefficient (Wildman–Crippen LogP) is 0.620. The molecule has 0 radical (unpaired) electrons. The van der Waals surface area contributed by atoms with E-state index in [2.05, 4.69) is 9.50 Å². The van der Waals surface area contributed by atoms with Crippen LogP contribution < -0.4 is 11.2 Å². The molecule has 1 amide bonds. The van der Waals surface area contributed by atoms with Crippen LogP contribution in [0.1, 0.15) is 5.56 Å². The summed E-state index contributed by atoms with van der Waals surface area (Å²) in [6.07, 6.45) is 0. The Labute approximate surface area is 132 Å². The summed E-state index contributed by atoms with van der Waals surface area (Å²) in [7, 11) is -3.93. The summed E-state index contributed by atoms with van der Waals surface area (Å²) in [4.78, 5) is 11.1. The molecule has 0 aliphatic rings. The van der Waals surface area contributed by atoms with Crippen LogP contribution in [0.2, 0.25) is 5.15 Å². The quantitative estimate of drug-likeness (QED) is 0.880. The van der Waals surface area contributed by atoms with Crippen molar-refractivity contribution in [2.75, 3.05) is 0 Å². The maximum absolute atomic E-state index is 12.3. The summed E-state index contributed by atoms with van der Waals surface area (Å²) >= 11 is 5.73. The molecule has 116 valence electrons. The number of nitrogens with zero attached hydrogens (tertiary/aromatic N) is 3. The lowest BCUT2D eigenvalue weighted by molar-refractivity contribution is -0.118. The van der Waals surface area contributed by atoms with Crippen molar-refractivity contribution in [2.24, 2.45) is 10.1 Å². The first kappa shape index (κ1) is 16.2. The van der Waals surface area contributed by atoms with Crippen molar-refractivity contribution in [3.63, 3.8) is 0 Å². The van der Waals surface area contributed by atoms with E-state index >= 15 is 0 Å². The van der Waals surface area contributed by atoms with Gasteiger partial charge in [-0.15, -0.1) is 4.40 Å². The van der Waals surface area contributed by atoms with Crippen LogP contribution in [-0.2, 0) is 21.4 Å². The molecule has 0 atom stereocenters. The van der Waals surface area contributed by atoms with Crippen molar-refractivity contribution in [3.8, 4) is 0 Å². The Hall–Kier alpha value is -2.19. The van der Waals surface area contributed by atoms with E-state index in [0.717, 1.165) is 10.2 Å². The van der Waals surface area contributed by atoms with Crippen molar-refractivity contribution in [1.82, 2.24) is 9.78 Å². The number of hydrogen-bond donors (Lipinski definition) is 1. The second-order valence-corrected chi connectivity index (χ2v) is 6.51. The number of hydrogen-bond acceptors (Lipinski definition) is 4. The number of aromatic nitrogens is 2. The molecular formula is C13H13ClN4O3S. The second kappa shape index (κ2) is 6.29. The van der Waals surface area contributed by atoms with Gasteiger partial charge in [-0.1, -0.05) is 29.3 Å². The van der Waals surface area contributed by atoms with Gasteiger partial charge < -0.3 is 5.73 Å². The molecule has 0 bridgehead atoms. The normalized spacial score (nSPS) is 12.4. The first-order chi connectivity index (χ1) is 10.3. The molecule has 0 saturated carbocycles. The van der Waals surface area contributed by atoms with Gasteiger partial charge in [-0.25, -0.2) is 4.68 Å². The smallest absolute Gasteiger partial charge is 0.284 e. The van der Waals surface area contributed by atoms with Crippen molar-refractivity contribution in [1.29, 1.82) is 0 Å². The van der Waals surface area contributed by atoms with Gasteiger partial charge in [-0.05, 0) is 31.2 Å². The molecule has 22 heavy (non-hydrogen) atoms. The monoisotopic (exact) mass is 340 g/mol. The summed E-state index contributed by atoms with van der Waals surface area (Å²) in [5.74, 6) is -0.691. The Morgan fingerprint density at radius 2 is 1.91 bits per heavy atom. The molecule has 0 saturated heterocycles. The highest BCUT2D eigenvalue weighted by Crippen LogP contribution is 2.12. The Bertz CT molecular complexity index is 873. The van der Waals surface area contributed by atoms with Crippen molar-refractivity contribution in [3.05, 3.63) is 52.6 Å². The summed E-state index contributed by atoms with van der Waals surface area (Å²) in [5.41, 5.74) is 5.99. The highest BCUT2D eigenvalue weighted by atomic mass is 35.5. The fourth-order valence-electron chi connectivity index (χ4n) is 1.66. The Kier molecular flexibility index (Phi) is 4.62. The fourth-order valence-corrected chi connectivity index (χ4v) is 2.80. The van der Waals surface area contributed by atoms with E-state index in [9.17, 15) is 13.2 Å². The minimum Gasteiger partial charge on any atom is -0.368 e. The van der Waals surface area contributed by atoms with E-state index in [1.165, 1.54) is 24.3 Å². The van der Waals surface area contributed by atoms with E-state index in [4.69, 9.17) is 17.3 Å². The van der Waals surface area contributed by atoms with Crippen molar-refractivity contribution < 1.29 is 13.2 Å². The maximum atomic E-state index is 12.3. The van der Waals surface area contributed by atoms with Crippen LogP contribution in [0.3, 0.4) is 0 Å². The topological polar surface area (TPSA) is 107 Å². The third kappa shape index (κ3) is 3.92. The number of aryl methyl sites for hydroxylation is 1. The standard InChI is InChI=1S/C13H13ClN4O3S/c1-9-2-4-10(5-3-9)22(20,21)17-13-7-6-11(14)16-18(13)8-12(15)19/h2-7H,8H2,1H3,(H2,15,19). The van der Waals surface area contributed by atoms with Gasteiger partial charge in [-0.2, -0.15) is 13.5 Å². The zero-order chi connectivity index (χ0) is 16.3. The lowest BCUT2D eigenvalue weighted by Gasteiger charge is -2.04. The van der Waals surface area contributed by atoms with E-state index in [-0.39, 0.29) is 22.1 Å². The predicted molar refractivity (Wildman–Crippen MR) is 80.4 cm³/mol. The lowest BCUT2D eigenvalue weighted by Crippen LogP contribution is -2.31. The molecule has 0 aliphatic heterocycles. The third-order valence-electron chi connectivity index (χ3n) is 2.69. The molecule has 1 aromatic heterocycles. The lowest BCUT2D eigenvalue weighted by atomic mass is 10.2. The van der Waals surface area contributed by atoms with Crippen molar-refractivity contribution in [2.45, 2.75) is 18.4 Å². The summed E-state index contributed by atoms with van der Waals surface area (Å²) in [5, 5.41) is 3.92. The van der Waals surface area contributed by atoms with E-state index < -0.39 is 15.9 Å². The molecule has 2 aromatic rings. The maximum Gasteiger partial charge on any atom is 0.284 e. The minimum atomic E-state index is -3.93. The minimum absolute atomic E-state index is 0.0382. The molecule has 0 aliphatic carbocycles. The van der Waals surface area contributed by atoms with Gasteiger partial charge in [0, 0.05) is 0 Å². The molecule has 1 heterocycles. The number of rotatable bonds is 4. The molecular weight excluding hydrogens is 328 g/mol. The molecule has 9 heteroatoms. The molecule has 2 N–H and O–H groups in total. The van der Waals surface area contributed by atoms with Crippen LogP contribution in [-0.4, -0.2) is 24.1 Å². The highest BCUT2D eigenvalue weighted by Gasteiger charge is 2.13. The third-order valence-corrected chi connectivity index (χ3v) is 4.19. The van der Waals surface area contributed by atoms with Gasteiger partial charge >= 0.3 is 0 Å². The molecule has 0 unspecified atom stereocenters. The zero-order valence-corrected chi connectivity index (χ0v) is 13.2. The van der Waals surface area contributed by atoms with E-state index in [0.29, 0.717) is 0 Å². The number of benzene rings is 1. The van der Waals surface area contributed by atoms with Gasteiger partial charge in [-0.3, -0.25) is 4.79 Å². The van der Waals surface area contributed by atoms with E-state index in [1.54, 1.807) is 12.1 Å². The summed E-state index contributed by atoms with van der Waals surface area (Å²) in [6.45, 7) is 1.51. The molecule has 7 nitrogen and oxygen atoms in total. The Morgan fingerprint density at radius 3 is 2.50 bits per heavy atom. The molecule has 0 fully saturated rings. The Morgan fingerprint density at radius 1 is 1.27 bits per heavy atom. The average Bonchev–Trinajstić information content (AvgIpc) is 2.41. The zero-order valence-electron chi connectivity index (χ0n) is 11.6. The molecule has 2 rings (SSSR count). The summed E-state index contributed by atoms with van der Waals surface area (Å²) in [6, 6.07) is 8.97. The summed E-state index contributed by atoms with van der Waals surface area (Å²) < 4.78 is 29.3. The fraction of sp³-hybridized carbons (Fsp3) is 0.154. The van der Waals surface area contributed by atoms with Gasteiger partial charge in [0.15, 0.2) is 5.49 Å². The number of nitrogens with two attached hydrogens (primary N) is 1. The van der Waals surface area contributed by atoms with Crippen molar-refractivity contribution >= 4 is 27.5 Å². The van der Waals surface area contributed by atoms with Gasteiger partial charge in [0.2, 0.25) is 5.91 Å². The largest absolute Gasteiger partial charge is 0.368 e. The van der Waals surface area contributed by atoms with Crippen LogP contribution >= 0.6 is 11.6 Å². The first-order valence-corrected chi connectivity index (χ1v) is 7.99. The van der Waals surface area contributed by atoms with Gasteiger partial charge in [0.25, 0.3) is 10.0 Å². The van der Waals surface area contributed by atoms with Crippen LogP contribution in [0.5, 0.6) is 0 Å². The number of primary amides is 1. The number of sulfonamides is 1. The van der Waals surface area contributed by atoms with Crippen LogP contribution in [0.4, 0.5) is 0 Å². The number of carbonyl (C=O) groups is 1. The molecule has 1 aromatic carbocycles. The second-order valence-electron chi connectivity index (χ2n) is 4.52. The number of halogens is 1. The number of amides is 1. The highest BCUT2D eigenvalue weighted by molar-refractivity contribution is 7.90. The average molecular weight is 341 g/mol. The SMILES string of the molecule is Cc1ccc(S(=O)(=O)N=c2ccc(Cl)nn2CC(N)=O)cc1. The first-order valence-electron chi connectivity index (χ1n) is 6.17. The van der Waals surface area contributed by atoms with Gasteiger partial charge in [0.05, 0.1) is 4.90 Å². The van der Waals surface area contributed by atoms with E-state index in [1.807, 2.05) is 6.92 Å². The number of carbonyl (C=O) groups excluding carboxylic acids is 1.